The van der Waals surface area contributed by atoms with Gasteiger partial charge in [-0.15, -0.1) is 0 Å². The van der Waals surface area contributed by atoms with Crippen molar-refractivity contribution in [3.05, 3.63) is 64.2 Å². The third kappa shape index (κ3) is 3.79. The number of hydrogen-bond donors (Lipinski definition) is 1. The van der Waals surface area contributed by atoms with Crippen molar-refractivity contribution in [3.8, 4) is 5.75 Å². The lowest BCUT2D eigenvalue weighted by Crippen LogP contribution is -2.07. The zero-order valence-corrected chi connectivity index (χ0v) is 12.5. The van der Waals surface area contributed by atoms with Crippen LogP contribution in [-0.2, 0) is 13.2 Å². The lowest BCUT2D eigenvalue weighted by Gasteiger charge is -2.12. The van der Waals surface area contributed by atoms with Gasteiger partial charge in [-0.2, -0.15) is 0 Å². The minimum absolute atomic E-state index is 0.146. The standard InChI is InChI=1S/C17H19F2NO/c1-11-4-5-12(2)14(6-11)10-21-17-15(18)7-13(9-20-3)8-16(17)19/h4-8,20H,9-10H2,1-3H3. The maximum atomic E-state index is 13.9. The Hall–Kier alpha value is -1.94. The Morgan fingerprint density at radius 3 is 2.33 bits per heavy atom. The molecule has 0 aliphatic carbocycles. The largest absolute Gasteiger partial charge is 0.483 e. The van der Waals surface area contributed by atoms with Gasteiger partial charge < -0.3 is 10.1 Å². The summed E-state index contributed by atoms with van der Waals surface area (Å²) in [5, 5.41) is 2.86. The van der Waals surface area contributed by atoms with Gasteiger partial charge >= 0.3 is 0 Å². The molecule has 0 fully saturated rings. The second-order valence-electron chi connectivity index (χ2n) is 5.14. The van der Waals surface area contributed by atoms with E-state index in [2.05, 4.69) is 5.32 Å². The van der Waals surface area contributed by atoms with Crippen LogP contribution >= 0.6 is 0 Å². The maximum Gasteiger partial charge on any atom is 0.191 e. The lowest BCUT2D eigenvalue weighted by atomic mass is 10.1. The summed E-state index contributed by atoms with van der Waals surface area (Å²) in [5.41, 5.74) is 3.59. The molecule has 0 saturated heterocycles. The van der Waals surface area contributed by atoms with Crippen LogP contribution in [0.25, 0.3) is 0 Å². The Kier molecular flexibility index (Phi) is 4.91. The third-order valence-corrected chi connectivity index (χ3v) is 3.32. The second kappa shape index (κ2) is 6.68. The number of aryl methyl sites for hydroxylation is 2. The molecule has 0 spiro atoms. The quantitative estimate of drug-likeness (QED) is 0.902. The first-order chi connectivity index (χ1) is 10.0. The zero-order chi connectivity index (χ0) is 15.4. The highest BCUT2D eigenvalue weighted by Gasteiger charge is 2.13. The van der Waals surface area contributed by atoms with E-state index in [1.165, 1.54) is 12.1 Å². The number of rotatable bonds is 5. The number of hydrogen-bond acceptors (Lipinski definition) is 2. The summed E-state index contributed by atoms with van der Waals surface area (Å²) in [6.45, 7) is 4.47. The van der Waals surface area contributed by atoms with E-state index >= 15 is 0 Å². The van der Waals surface area contributed by atoms with Gasteiger partial charge in [-0.05, 0) is 49.7 Å². The average Bonchev–Trinajstić information content (AvgIpc) is 2.42. The minimum atomic E-state index is -0.675. The normalized spacial score (nSPS) is 10.7. The molecule has 0 heterocycles. The van der Waals surface area contributed by atoms with Crippen LogP contribution in [0.4, 0.5) is 8.78 Å². The number of benzene rings is 2. The number of ether oxygens (including phenoxy) is 1. The first-order valence-corrected chi connectivity index (χ1v) is 6.82. The summed E-state index contributed by atoms with van der Waals surface area (Å²) < 4.78 is 33.2. The molecule has 21 heavy (non-hydrogen) atoms. The molecule has 0 aliphatic rings. The van der Waals surface area contributed by atoms with E-state index in [4.69, 9.17) is 4.74 Å². The van der Waals surface area contributed by atoms with Crippen LogP contribution in [0.15, 0.2) is 30.3 Å². The Labute approximate surface area is 123 Å². The zero-order valence-electron chi connectivity index (χ0n) is 12.5. The second-order valence-corrected chi connectivity index (χ2v) is 5.14. The fraction of sp³-hybridized carbons (Fsp3) is 0.294. The number of nitrogens with one attached hydrogen (secondary N) is 1. The molecular weight excluding hydrogens is 272 g/mol. The molecule has 0 saturated carbocycles. The molecule has 0 atom stereocenters. The molecule has 2 aromatic rings. The summed E-state index contributed by atoms with van der Waals surface area (Å²) in [6.07, 6.45) is 0. The SMILES string of the molecule is CNCc1cc(F)c(OCc2cc(C)ccc2C)c(F)c1. The van der Waals surface area contributed by atoms with Crippen molar-refractivity contribution < 1.29 is 13.5 Å². The Balaban J connectivity index is 2.18. The van der Waals surface area contributed by atoms with Crippen molar-refractivity contribution in [2.75, 3.05) is 7.05 Å². The molecule has 0 bridgehead atoms. The average molecular weight is 291 g/mol. The first-order valence-electron chi connectivity index (χ1n) is 6.82. The van der Waals surface area contributed by atoms with Gasteiger partial charge in [0, 0.05) is 6.54 Å². The molecule has 112 valence electrons. The smallest absolute Gasteiger partial charge is 0.191 e. The molecule has 2 aromatic carbocycles. The minimum Gasteiger partial charge on any atom is -0.483 e. The molecule has 0 aliphatic heterocycles. The van der Waals surface area contributed by atoms with Crippen LogP contribution in [0.2, 0.25) is 0 Å². The topological polar surface area (TPSA) is 21.3 Å². The van der Waals surface area contributed by atoms with E-state index in [0.29, 0.717) is 12.1 Å². The van der Waals surface area contributed by atoms with Gasteiger partial charge in [-0.3, -0.25) is 0 Å². The van der Waals surface area contributed by atoms with Gasteiger partial charge in [-0.25, -0.2) is 8.78 Å². The molecular formula is C17H19F2NO. The van der Waals surface area contributed by atoms with Crippen molar-refractivity contribution in [1.82, 2.24) is 5.32 Å². The molecule has 0 aromatic heterocycles. The fourth-order valence-corrected chi connectivity index (χ4v) is 2.16. The van der Waals surface area contributed by atoms with Crippen LogP contribution in [0.5, 0.6) is 5.75 Å². The Morgan fingerprint density at radius 2 is 1.71 bits per heavy atom. The van der Waals surface area contributed by atoms with E-state index in [9.17, 15) is 8.78 Å². The predicted octanol–water partition coefficient (Wildman–Crippen LogP) is 3.88. The van der Waals surface area contributed by atoms with E-state index in [1.807, 2.05) is 32.0 Å². The van der Waals surface area contributed by atoms with Crippen LogP contribution in [0, 0.1) is 25.5 Å². The van der Waals surface area contributed by atoms with E-state index in [-0.39, 0.29) is 12.4 Å². The molecule has 0 amide bonds. The van der Waals surface area contributed by atoms with Gasteiger partial charge in [0.1, 0.15) is 6.61 Å². The maximum absolute atomic E-state index is 13.9. The monoisotopic (exact) mass is 291 g/mol. The summed E-state index contributed by atoms with van der Waals surface area (Å²) in [4.78, 5) is 0. The van der Waals surface area contributed by atoms with Gasteiger partial charge in [0.2, 0.25) is 0 Å². The lowest BCUT2D eigenvalue weighted by molar-refractivity contribution is 0.273. The van der Waals surface area contributed by atoms with Crippen molar-refractivity contribution in [3.63, 3.8) is 0 Å². The van der Waals surface area contributed by atoms with Crippen molar-refractivity contribution in [2.45, 2.75) is 27.0 Å². The fourth-order valence-electron chi connectivity index (χ4n) is 2.16. The highest BCUT2D eigenvalue weighted by Crippen LogP contribution is 2.25. The summed E-state index contributed by atoms with van der Waals surface area (Å²) in [5.74, 6) is -1.67. The Bertz CT molecular complexity index is 618. The summed E-state index contributed by atoms with van der Waals surface area (Å²) in [7, 11) is 1.72. The third-order valence-electron chi connectivity index (χ3n) is 3.32. The van der Waals surface area contributed by atoms with Crippen LogP contribution in [-0.4, -0.2) is 7.05 Å². The molecule has 2 rings (SSSR count). The van der Waals surface area contributed by atoms with Crippen LogP contribution < -0.4 is 10.1 Å². The molecule has 2 nitrogen and oxygen atoms in total. The van der Waals surface area contributed by atoms with E-state index in [1.54, 1.807) is 7.05 Å². The van der Waals surface area contributed by atoms with Gasteiger partial charge in [0.05, 0.1) is 0 Å². The van der Waals surface area contributed by atoms with Crippen molar-refractivity contribution in [2.24, 2.45) is 0 Å². The number of halogens is 2. The van der Waals surface area contributed by atoms with Gasteiger partial charge in [0.25, 0.3) is 0 Å². The van der Waals surface area contributed by atoms with Crippen molar-refractivity contribution >= 4 is 0 Å². The molecule has 4 heteroatoms. The van der Waals surface area contributed by atoms with Gasteiger partial charge in [-0.1, -0.05) is 23.8 Å². The predicted molar refractivity (Wildman–Crippen MR) is 79.4 cm³/mol. The first kappa shape index (κ1) is 15.4. The van der Waals surface area contributed by atoms with Crippen molar-refractivity contribution in [1.29, 1.82) is 0 Å². The molecule has 0 unspecified atom stereocenters. The van der Waals surface area contributed by atoms with Gasteiger partial charge in [0.15, 0.2) is 17.4 Å². The summed E-state index contributed by atoms with van der Waals surface area (Å²) in [6, 6.07) is 8.50. The molecule has 0 radical (unpaired) electrons. The highest BCUT2D eigenvalue weighted by atomic mass is 19.1. The summed E-state index contributed by atoms with van der Waals surface area (Å²) >= 11 is 0. The Morgan fingerprint density at radius 1 is 1.05 bits per heavy atom. The van der Waals surface area contributed by atoms with E-state index < -0.39 is 11.6 Å². The van der Waals surface area contributed by atoms with Crippen LogP contribution in [0.1, 0.15) is 22.3 Å². The van der Waals surface area contributed by atoms with E-state index in [0.717, 1.165) is 16.7 Å². The highest BCUT2D eigenvalue weighted by molar-refractivity contribution is 5.33. The molecule has 1 N–H and O–H groups in total. The van der Waals surface area contributed by atoms with Crippen LogP contribution in [0.3, 0.4) is 0 Å².